The van der Waals surface area contributed by atoms with Crippen molar-refractivity contribution >= 4 is 23.2 Å². The van der Waals surface area contributed by atoms with Crippen LogP contribution in [0.5, 0.6) is 5.75 Å². The fourth-order valence-corrected chi connectivity index (χ4v) is 3.10. The van der Waals surface area contributed by atoms with Crippen LogP contribution in [0.25, 0.3) is 0 Å². The lowest BCUT2D eigenvalue weighted by Gasteiger charge is -2.27. The van der Waals surface area contributed by atoms with Crippen molar-refractivity contribution in [3.63, 3.8) is 0 Å². The molecule has 0 saturated carbocycles. The summed E-state index contributed by atoms with van der Waals surface area (Å²) in [5.74, 6) is 0.258. The van der Waals surface area contributed by atoms with Crippen LogP contribution in [-0.2, 0) is 0 Å². The van der Waals surface area contributed by atoms with Crippen LogP contribution in [0, 0.1) is 11.3 Å². The predicted molar refractivity (Wildman–Crippen MR) is 82.2 cm³/mol. The van der Waals surface area contributed by atoms with Gasteiger partial charge in [0.25, 0.3) is 0 Å². The van der Waals surface area contributed by atoms with Gasteiger partial charge in [-0.3, -0.25) is 0 Å². The van der Waals surface area contributed by atoms with Crippen molar-refractivity contribution in [3.8, 4) is 11.8 Å². The third-order valence-corrected chi connectivity index (χ3v) is 4.07. The number of benzene rings is 2. The monoisotopic (exact) mass is 316 g/mol. The summed E-state index contributed by atoms with van der Waals surface area (Å²) in [6.45, 7) is 0. The number of halogens is 2. The average molecular weight is 317 g/mol. The van der Waals surface area contributed by atoms with Crippen LogP contribution in [0.1, 0.15) is 17.0 Å². The van der Waals surface area contributed by atoms with E-state index in [4.69, 9.17) is 33.7 Å². The third-order valence-electron chi connectivity index (χ3n) is 3.41. The molecule has 5 heteroatoms. The number of nitrogens with zero attached hydrogens (tertiary/aromatic N) is 1. The van der Waals surface area contributed by atoms with E-state index in [1.54, 1.807) is 24.3 Å². The molecule has 21 heavy (non-hydrogen) atoms. The Morgan fingerprint density at radius 3 is 2.38 bits per heavy atom. The second-order valence-electron chi connectivity index (χ2n) is 4.60. The molecule has 1 heterocycles. The van der Waals surface area contributed by atoms with E-state index in [2.05, 4.69) is 6.07 Å². The normalized spacial score (nSPS) is 16.9. The standard InChI is InChI=1S/C16H10Cl2N2O/c17-11-5-3-6-12(18)15(11)14-9-4-1-2-7-13(9)21-16(20)10(14)8-19/h1-7,14H,20H2/t14-/m0/s1. The van der Waals surface area contributed by atoms with Crippen LogP contribution in [0.2, 0.25) is 10.0 Å². The SMILES string of the molecule is N#CC1=C(N)Oc2ccccc2[C@@H]1c1c(Cl)cccc1Cl. The maximum atomic E-state index is 9.45. The van der Waals surface area contributed by atoms with Gasteiger partial charge in [0.05, 0.1) is 5.92 Å². The molecule has 2 aromatic rings. The topological polar surface area (TPSA) is 59.0 Å². The van der Waals surface area contributed by atoms with Gasteiger partial charge in [-0.05, 0) is 18.2 Å². The number of nitrogens with two attached hydrogens (primary N) is 1. The summed E-state index contributed by atoms with van der Waals surface area (Å²) in [4.78, 5) is 0. The van der Waals surface area contributed by atoms with Crippen molar-refractivity contribution in [2.24, 2.45) is 5.73 Å². The minimum atomic E-state index is -0.429. The zero-order chi connectivity index (χ0) is 15.0. The zero-order valence-corrected chi connectivity index (χ0v) is 12.3. The molecule has 0 amide bonds. The number of fused-ring (bicyclic) bond motifs is 1. The van der Waals surface area contributed by atoms with E-state index in [1.165, 1.54) is 0 Å². The molecular weight excluding hydrogens is 307 g/mol. The summed E-state index contributed by atoms with van der Waals surface area (Å²) >= 11 is 12.6. The van der Waals surface area contributed by atoms with Gasteiger partial charge in [-0.1, -0.05) is 47.5 Å². The van der Waals surface area contributed by atoms with E-state index < -0.39 is 5.92 Å². The highest BCUT2D eigenvalue weighted by Gasteiger charge is 2.32. The number of hydrogen-bond acceptors (Lipinski definition) is 3. The van der Waals surface area contributed by atoms with Crippen molar-refractivity contribution in [2.75, 3.05) is 0 Å². The molecule has 0 saturated heterocycles. The van der Waals surface area contributed by atoms with Crippen LogP contribution >= 0.6 is 23.2 Å². The summed E-state index contributed by atoms with van der Waals surface area (Å²) in [5, 5.41) is 10.4. The molecule has 0 bridgehead atoms. The third kappa shape index (κ3) is 2.23. The quantitative estimate of drug-likeness (QED) is 0.857. The smallest absolute Gasteiger partial charge is 0.205 e. The highest BCUT2D eigenvalue weighted by Crippen LogP contribution is 2.46. The first-order chi connectivity index (χ1) is 10.1. The van der Waals surface area contributed by atoms with Crippen LogP contribution in [0.4, 0.5) is 0 Å². The highest BCUT2D eigenvalue weighted by molar-refractivity contribution is 6.36. The molecular formula is C16H10Cl2N2O. The second-order valence-corrected chi connectivity index (χ2v) is 5.41. The molecule has 2 N–H and O–H groups in total. The molecule has 0 fully saturated rings. The van der Waals surface area contributed by atoms with Gasteiger partial charge in [-0.15, -0.1) is 0 Å². The Morgan fingerprint density at radius 1 is 1.05 bits per heavy atom. The first-order valence-electron chi connectivity index (χ1n) is 6.24. The Balaban J connectivity index is 2.31. The van der Waals surface area contributed by atoms with Crippen LogP contribution in [-0.4, -0.2) is 0 Å². The minimum Gasteiger partial charge on any atom is -0.440 e. The lowest BCUT2D eigenvalue weighted by molar-refractivity contribution is 0.394. The number of nitriles is 1. The van der Waals surface area contributed by atoms with Crippen molar-refractivity contribution in [3.05, 3.63) is 75.1 Å². The predicted octanol–water partition coefficient (Wildman–Crippen LogP) is 4.21. The summed E-state index contributed by atoms with van der Waals surface area (Å²) < 4.78 is 5.52. The fraction of sp³-hybridized carbons (Fsp3) is 0.0625. The van der Waals surface area contributed by atoms with Crippen molar-refractivity contribution in [1.82, 2.24) is 0 Å². The molecule has 1 atom stereocenters. The Kier molecular flexibility index (Phi) is 3.50. The van der Waals surface area contributed by atoms with Crippen LogP contribution in [0.3, 0.4) is 0 Å². The van der Waals surface area contributed by atoms with Gasteiger partial charge >= 0.3 is 0 Å². The van der Waals surface area contributed by atoms with Gasteiger partial charge in [0.15, 0.2) is 0 Å². The Morgan fingerprint density at radius 2 is 1.71 bits per heavy atom. The van der Waals surface area contributed by atoms with E-state index in [0.717, 1.165) is 5.56 Å². The molecule has 104 valence electrons. The second kappa shape index (κ2) is 5.33. The lowest BCUT2D eigenvalue weighted by Crippen LogP contribution is -2.21. The summed E-state index contributed by atoms with van der Waals surface area (Å²) in [7, 11) is 0. The Hall–Kier alpha value is -2.15. The zero-order valence-electron chi connectivity index (χ0n) is 10.8. The van der Waals surface area contributed by atoms with Crippen molar-refractivity contribution in [1.29, 1.82) is 5.26 Å². The van der Waals surface area contributed by atoms with E-state index in [0.29, 0.717) is 26.9 Å². The highest BCUT2D eigenvalue weighted by atomic mass is 35.5. The molecule has 1 aliphatic rings. The number of hydrogen-bond donors (Lipinski definition) is 1. The van der Waals surface area contributed by atoms with Gasteiger partial charge in [0, 0.05) is 21.2 Å². The number of rotatable bonds is 1. The summed E-state index contributed by atoms with van der Waals surface area (Å²) in [6.07, 6.45) is 0. The van der Waals surface area contributed by atoms with Crippen molar-refractivity contribution in [2.45, 2.75) is 5.92 Å². The maximum absolute atomic E-state index is 9.45. The maximum Gasteiger partial charge on any atom is 0.205 e. The van der Waals surface area contributed by atoms with Crippen LogP contribution < -0.4 is 10.5 Å². The Labute approximate surface area is 132 Å². The minimum absolute atomic E-state index is 0.0807. The van der Waals surface area contributed by atoms with Crippen molar-refractivity contribution < 1.29 is 4.74 Å². The summed E-state index contributed by atoms with van der Waals surface area (Å²) in [5.41, 5.74) is 7.67. The number of allylic oxidation sites excluding steroid dienone is 1. The van der Waals surface area contributed by atoms with E-state index >= 15 is 0 Å². The molecule has 0 aliphatic carbocycles. The van der Waals surface area contributed by atoms with Crippen LogP contribution in [0.15, 0.2) is 53.9 Å². The lowest BCUT2D eigenvalue weighted by atomic mass is 9.83. The van der Waals surface area contributed by atoms with Gasteiger partial charge in [-0.2, -0.15) is 5.26 Å². The van der Waals surface area contributed by atoms with E-state index in [9.17, 15) is 5.26 Å². The van der Waals surface area contributed by atoms with Gasteiger partial charge in [-0.25, -0.2) is 0 Å². The Bertz CT molecular complexity index is 773. The van der Waals surface area contributed by atoms with E-state index in [1.807, 2.05) is 18.2 Å². The average Bonchev–Trinajstić information content (AvgIpc) is 2.46. The molecule has 0 aromatic heterocycles. The molecule has 0 spiro atoms. The van der Waals surface area contributed by atoms with Gasteiger partial charge < -0.3 is 10.5 Å². The fourth-order valence-electron chi connectivity index (χ4n) is 2.49. The van der Waals surface area contributed by atoms with Gasteiger partial charge in [0.2, 0.25) is 5.88 Å². The molecule has 3 rings (SSSR count). The first kappa shape index (κ1) is 13.8. The molecule has 1 aliphatic heterocycles. The molecule has 2 aromatic carbocycles. The van der Waals surface area contributed by atoms with Gasteiger partial charge in [0.1, 0.15) is 17.4 Å². The first-order valence-corrected chi connectivity index (χ1v) is 6.99. The molecule has 0 radical (unpaired) electrons. The largest absolute Gasteiger partial charge is 0.440 e. The van der Waals surface area contributed by atoms with E-state index in [-0.39, 0.29) is 5.88 Å². The number of ether oxygens (including phenoxy) is 1. The molecule has 3 nitrogen and oxygen atoms in total. The molecule has 0 unspecified atom stereocenters. The summed E-state index contributed by atoms with van der Waals surface area (Å²) in [6, 6.07) is 14.7. The number of para-hydroxylation sites is 1.